The fourth-order valence-electron chi connectivity index (χ4n) is 3.14. The van der Waals surface area contributed by atoms with Crippen LogP contribution in [0.2, 0.25) is 0 Å². The molecule has 3 rings (SSSR count). The molecule has 2 aromatic carbocycles. The highest BCUT2D eigenvalue weighted by Gasteiger charge is 2.16. The molecule has 0 spiro atoms. The van der Waals surface area contributed by atoms with Crippen molar-refractivity contribution in [1.29, 1.82) is 0 Å². The lowest BCUT2D eigenvalue weighted by Crippen LogP contribution is -2.33. The second-order valence-corrected chi connectivity index (χ2v) is 6.30. The quantitative estimate of drug-likeness (QED) is 0.916. The zero-order valence-electron chi connectivity index (χ0n) is 14.3. The van der Waals surface area contributed by atoms with Crippen LogP contribution >= 0.6 is 0 Å². The number of hydrogen-bond donors (Lipinski definition) is 1. The summed E-state index contributed by atoms with van der Waals surface area (Å²) in [5.74, 6) is 0.721. The van der Waals surface area contributed by atoms with Crippen LogP contribution in [0.3, 0.4) is 0 Å². The topological polar surface area (TPSA) is 41.6 Å². The molecule has 1 amide bonds. The lowest BCUT2D eigenvalue weighted by atomic mass is 10.00. The number of nitrogens with one attached hydrogen (secondary N) is 1. The maximum Gasteiger partial charge on any atom is 0.225 e. The number of benzene rings is 2. The third kappa shape index (κ3) is 3.95. The van der Waals surface area contributed by atoms with Crippen LogP contribution in [-0.4, -0.2) is 31.0 Å². The molecule has 1 heterocycles. The molecule has 0 fully saturated rings. The Bertz CT molecular complexity index is 727. The summed E-state index contributed by atoms with van der Waals surface area (Å²) in [4.78, 5) is 14.6. The lowest BCUT2D eigenvalue weighted by Gasteiger charge is -2.28. The second-order valence-electron chi connectivity index (χ2n) is 6.30. The number of amides is 1. The van der Waals surface area contributed by atoms with E-state index >= 15 is 0 Å². The number of hydrogen-bond acceptors (Lipinski definition) is 3. The summed E-state index contributed by atoms with van der Waals surface area (Å²) in [6, 6.07) is 14.3. The van der Waals surface area contributed by atoms with E-state index in [4.69, 9.17) is 4.74 Å². The van der Waals surface area contributed by atoms with E-state index < -0.39 is 0 Å². The number of ether oxygens (including phenoxy) is 1. The van der Waals surface area contributed by atoms with E-state index in [0.717, 1.165) is 37.3 Å². The van der Waals surface area contributed by atoms with Crippen LogP contribution in [0, 0.1) is 6.92 Å². The molecule has 24 heavy (non-hydrogen) atoms. The first-order valence-electron chi connectivity index (χ1n) is 8.39. The number of aryl methyl sites for hydroxylation is 1. The molecule has 1 aliphatic heterocycles. The van der Waals surface area contributed by atoms with Gasteiger partial charge in [0.05, 0.1) is 12.8 Å². The first kappa shape index (κ1) is 16.5. The van der Waals surface area contributed by atoms with E-state index in [9.17, 15) is 4.79 Å². The van der Waals surface area contributed by atoms with E-state index in [1.165, 1.54) is 11.1 Å². The van der Waals surface area contributed by atoms with Gasteiger partial charge in [-0.15, -0.1) is 0 Å². The Morgan fingerprint density at radius 3 is 2.79 bits per heavy atom. The number of anilines is 1. The summed E-state index contributed by atoms with van der Waals surface area (Å²) in [5, 5.41) is 2.97. The van der Waals surface area contributed by atoms with Crippen molar-refractivity contribution >= 4 is 11.6 Å². The zero-order valence-corrected chi connectivity index (χ0v) is 14.3. The maximum absolute atomic E-state index is 12.3. The van der Waals surface area contributed by atoms with E-state index in [1.54, 1.807) is 7.11 Å². The minimum atomic E-state index is 0.0257. The molecule has 4 nitrogen and oxygen atoms in total. The molecule has 0 aromatic heterocycles. The number of fused-ring (bicyclic) bond motifs is 1. The predicted octanol–water partition coefficient (Wildman–Crippen LogP) is 3.39. The van der Waals surface area contributed by atoms with Gasteiger partial charge in [-0.1, -0.05) is 30.3 Å². The summed E-state index contributed by atoms with van der Waals surface area (Å²) in [5.41, 5.74) is 4.65. The van der Waals surface area contributed by atoms with E-state index in [0.29, 0.717) is 12.2 Å². The van der Waals surface area contributed by atoms with E-state index in [1.807, 2.05) is 25.1 Å². The van der Waals surface area contributed by atoms with Crippen molar-refractivity contribution < 1.29 is 9.53 Å². The summed E-state index contributed by atoms with van der Waals surface area (Å²) in [6.07, 6.45) is 1.54. The minimum absolute atomic E-state index is 0.0257. The minimum Gasteiger partial charge on any atom is -0.495 e. The Labute approximate surface area is 143 Å². The largest absolute Gasteiger partial charge is 0.495 e. The van der Waals surface area contributed by atoms with Gasteiger partial charge in [0.25, 0.3) is 0 Å². The molecule has 0 bridgehead atoms. The zero-order chi connectivity index (χ0) is 16.9. The third-order valence-corrected chi connectivity index (χ3v) is 4.49. The highest BCUT2D eigenvalue weighted by atomic mass is 16.5. The van der Waals surface area contributed by atoms with E-state index in [-0.39, 0.29) is 5.91 Å². The summed E-state index contributed by atoms with van der Waals surface area (Å²) in [7, 11) is 1.62. The van der Waals surface area contributed by atoms with Crippen LogP contribution in [-0.2, 0) is 17.8 Å². The summed E-state index contributed by atoms with van der Waals surface area (Å²) >= 11 is 0. The molecule has 0 unspecified atom stereocenters. The van der Waals surface area contributed by atoms with Crippen molar-refractivity contribution in [2.24, 2.45) is 0 Å². The van der Waals surface area contributed by atoms with Crippen LogP contribution in [0.4, 0.5) is 5.69 Å². The highest BCUT2D eigenvalue weighted by molar-refractivity contribution is 5.92. The van der Waals surface area contributed by atoms with Gasteiger partial charge in [-0.25, -0.2) is 0 Å². The Hall–Kier alpha value is -2.33. The van der Waals surface area contributed by atoms with Gasteiger partial charge >= 0.3 is 0 Å². The second kappa shape index (κ2) is 7.49. The average Bonchev–Trinajstić information content (AvgIpc) is 2.60. The highest BCUT2D eigenvalue weighted by Crippen LogP contribution is 2.25. The Morgan fingerprint density at radius 1 is 1.21 bits per heavy atom. The molecular formula is C20H24N2O2. The smallest absolute Gasteiger partial charge is 0.225 e. The van der Waals surface area contributed by atoms with Gasteiger partial charge in [-0.2, -0.15) is 0 Å². The normalized spacial score (nSPS) is 14.1. The van der Waals surface area contributed by atoms with Gasteiger partial charge in [-0.05, 0) is 42.2 Å². The molecule has 0 atom stereocenters. The maximum atomic E-state index is 12.3. The standard InChI is InChI=1S/C20H24N2O2/c1-15-7-8-19(24-2)18(13-15)21-20(23)10-12-22-11-9-16-5-3-4-6-17(16)14-22/h3-8,13H,9-12,14H2,1-2H3,(H,21,23). The fourth-order valence-corrected chi connectivity index (χ4v) is 3.14. The average molecular weight is 324 g/mol. The molecule has 1 aliphatic rings. The number of nitrogens with zero attached hydrogens (tertiary/aromatic N) is 1. The molecular weight excluding hydrogens is 300 g/mol. The summed E-state index contributed by atoms with van der Waals surface area (Å²) < 4.78 is 5.31. The Kier molecular flexibility index (Phi) is 5.16. The van der Waals surface area contributed by atoms with Crippen molar-refractivity contribution in [2.75, 3.05) is 25.5 Å². The number of carbonyl (C=O) groups is 1. The van der Waals surface area contributed by atoms with Gasteiger partial charge < -0.3 is 10.1 Å². The van der Waals surface area contributed by atoms with Crippen molar-refractivity contribution in [3.63, 3.8) is 0 Å². The molecule has 0 radical (unpaired) electrons. The number of carbonyl (C=O) groups excluding carboxylic acids is 1. The fraction of sp³-hybridized carbons (Fsp3) is 0.350. The molecule has 4 heteroatoms. The van der Waals surface area contributed by atoms with Crippen molar-refractivity contribution in [3.8, 4) is 5.75 Å². The van der Waals surface area contributed by atoms with Gasteiger partial charge in [0.15, 0.2) is 0 Å². The number of rotatable bonds is 5. The SMILES string of the molecule is COc1ccc(C)cc1NC(=O)CCN1CCc2ccccc2C1. The van der Waals surface area contributed by atoms with E-state index in [2.05, 4.69) is 34.5 Å². The van der Waals surface area contributed by atoms with Gasteiger partial charge in [-0.3, -0.25) is 9.69 Å². The Morgan fingerprint density at radius 2 is 2.00 bits per heavy atom. The molecule has 2 aromatic rings. The molecule has 0 saturated carbocycles. The third-order valence-electron chi connectivity index (χ3n) is 4.49. The summed E-state index contributed by atoms with van der Waals surface area (Å²) in [6.45, 7) is 4.71. The van der Waals surface area contributed by atoms with Crippen LogP contribution in [0.25, 0.3) is 0 Å². The molecule has 1 N–H and O–H groups in total. The van der Waals surface area contributed by atoms with Gasteiger partial charge in [0, 0.05) is 26.1 Å². The number of methoxy groups -OCH3 is 1. The molecule has 0 saturated heterocycles. The lowest BCUT2D eigenvalue weighted by molar-refractivity contribution is -0.116. The first-order valence-corrected chi connectivity index (χ1v) is 8.39. The Balaban J connectivity index is 1.54. The molecule has 0 aliphatic carbocycles. The molecule has 126 valence electrons. The van der Waals surface area contributed by atoms with Crippen molar-refractivity contribution in [1.82, 2.24) is 4.90 Å². The monoisotopic (exact) mass is 324 g/mol. The van der Waals surface area contributed by atoms with Gasteiger partial charge in [0.2, 0.25) is 5.91 Å². The van der Waals surface area contributed by atoms with Gasteiger partial charge in [0.1, 0.15) is 5.75 Å². The van der Waals surface area contributed by atoms with Crippen molar-refractivity contribution in [3.05, 3.63) is 59.2 Å². The van der Waals surface area contributed by atoms with Crippen LogP contribution in [0.1, 0.15) is 23.1 Å². The van der Waals surface area contributed by atoms with Crippen molar-refractivity contribution in [2.45, 2.75) is 26.3 Å². The van der Waals surface area contributed by atoms with Crippen LogP contribution in [0.5, 0.6) is 5.75 Å². The first-order chi connectivity index (χ1) is 11.7. The van der Waals surface area contributed by atoms with Crippen LogP contribution < -0.4 is 10.1 Å². The van der Waals surface area contributed by atoms with Crippen LogP contribution in [0.15, 0.2) is 42.5 Å². The predicted molar refractivity (Wildman–Crippen MR) is 96.4 cm³/mol.